The SMILES string of the molecule is COc1ccccc1OC[C@H](O)CN(Cc1ccc(C)cc1)[C@@H]1CCS(=O)(=O)C1. The molecule has 2 aromatic carbocycles. The van der Waals surface area contributed by atoms with Gasteiger partial charge < -0.3 is 14.6 Å². The van der Waals surface area contributed by atoms with Crippen LogP contribution in [0.4, 0.5) is 0 Å². The third kappa shape index (κ3) is 6.19. The lowest BCUT2D eigenvalue weighted by Gasteiger charge is -2.30. The molecule has 29 heavy (non-hydrogen) atoms. The molecule has 1 saturated heterocycles. The Morgan fingerprint density at radius 3 is 2.45 bits per heavy atom. The summed E-state index contributed by atoms with van der Waals surface area (Å²) in [5.74, 6) is 1.52. The molecule has 0 aromatic heterocycles. The summed E-state index contributed by atoms with van der Waals surface area (Å²) in [4.78, 5) is 2.06. The Kier molecular flexibility index (Phi) is 7.16. The van der Waals surface area contributed by atoms with Crippen LogP contribution in [0.25, 0.3) is 0 Å². The predicted molar refractivity (Wildman–Crippen MR) is 113 cm³/mol. The fourth-order valence-electron chi connectivity index (χ4n) is 3.58. The van der Waals surface area contributed by atoms with E-state index in [0.717, 1.165) is 5.56 Å². The topological polar surface area (TPSA) is 76.1 Å². The molecule has 158 valence electrons. The quantitative estimate of drug-likeness (QED) is 0.673. The fourth-order valence-corrected chi connectivity index (χ4v) is 5.34. The van der Waals surface area contributed by atoms with E-state index in [2.05, 4.69) is 4.90 Å². The number of rotatable bonds is 9. The second-order valence-corrected chi connectivity index (χ2v) is 9.82. The minimum Gasteiger partial charge on any atom is -0.493 e. The normalized spacial score (nSPS) is 19.2. The summed E-state index contributed by atoms with van der Waals surface area (Å²) in [6.45, 7) is 3.06. The molecule has 6 nitrogen and oxygen atoms in total. The zero-order valence-electron chi connectivity index (χ0n) is 17.0. The van der Waals surface area contributed by atoms with E-state index < -0.39 is 15.9 Å². The van der Waals surface area contributed by atoms with Crippen LogP contribution in [0.1, 0.15) is 17.5 Å². The summed E-state index contributed by atoms with van der Waals surface area (Å²) < 4.78 is 35.0. The Hall–Kier alpha value is -2.09. The maximum absolute atomic E-state index is 12.0. The summed E-state index contributed by atoms with van der Waals surface area (Å²) in [6, 6.07) is 15.4. The van der Waals surface area contributed by atoms with Crippen LogP contribution in [0, 0.1) is 6.92 Å². The predicted octanol–water partition coefficient (Wildman–Crippen LogP) is 2.43. The molecule has 0 amide bonds. The van der Waals surface area contributed by atoms with Gasteiger partial charge in [-0.3, -0.25) is 4.90 Å². The van der Waals surface area contributed by atoms with Crippen molar-refractivity contribution in [3.05, 3.63) is 59.7 Å². The summed E-state index contributed by atoms with van der Waals surface area (Å²) in [7, 11) is -1.44. The average Bonchev–Trinajstić information content (AvgIpc) is 3.07. The lowest BCUT2D eigenvalue weighted by atomic mass is 10.1. The van der Waals surface area contributed by atoms with Crippen molar-refractivity contribution in [2.45, 2.75) is 32.0 Å². The number of para-hydroxylation sites is 2. The van der Waals surface area contributed by atoms with Crippen LogP contribution in [0.3, 0.4) is 0 Å². The van der Waals surface area contributed by atoms with Crippen molar-refractivity contribution in [3.63, 3.8) is 0 Å². The highest BCUT2D eigenvalue weighted by molar-refractivity contribution is 7.91. The van der Waals surface area contributed by atoms with Crippen LogP contribution in [0.2, 0.25) is 0 Å². The van der Waals surface area contributed by atoms with Crippen LogP contribution >= 0.6 is 0 Å². The first-order valence-corrected chi connectivity index (χ1v) is 11.6. The molecular weight excluding hydrogens is 390 g/mol. The van der Waals surface area contributed by atoms with Gasteiger partial charge in [-0.15, -0.1) is 0 Å². The average molecular weight is 420 g/mol. The first-order chi connectivity index (χ1) is 13.9. The van der Waals surface area contributed by atoms with E-state index >= 15 is 0 Å². The molecule has 0 unspecified atom stereocenters. The highest BCUT2D eigenvalue weighted by atomic mass is 32.2. The highest BCUT2D eigenvalue weighted by Gasteiger charge is 2.33. The number of nitrogens with zero attached hydrogens (tertiary/aromatic N) is 1. The molecule has 2 atom stereocenters. The van der Waals surface area contributed by atoms with Gasteiger partial charge in [-0.2, -0.15) is 0 Å². The lowest BCUT2D eigenvalue weighted by molar-refractivity contribution is 0.0517. The zero-order valence-corrected chi connectivity index (χ0v) is 17.8. The first-order valence-electron chi connectivity index (χ1n) is 9.80. The number of methoxy groups -OCH3 is 1. The van der Waals surface area contributed by atoms with E-state index in [0.29, 0.717) is 31.0 Å². The summed E-state index contributed by atoms with van der Waals surface area (Å²) in [6.07, 6.45) is -0.164. The van der Waals surface area contributed by atoms with Crippen LogP contribution in [-0.2, 0) is 16.4 Å². The van der Waals surface area contributed by atoms with Gasteiger partial charge in [0.15, 0.2) is 21.3 Å². The number of hydrogen-bond acceptors (Lipinski definition) is 6. The fraction of sp³-hybridized carbons (Fsp3) is 0.455. The second kappa shape index (κ2) is 9.61. The largest absolute Gasteiger partial charge is 0.493 e. The van der Waals surface area contributed by atoms with E-state index in [4.69, 9.17) is 9.47 Å². The van der Waals surface area contributed by atoms with Crippen molar-refractivity contribution >= 4 is 9.84 Å². The van der Waals surface area contributed by atoms with Gasteiger partial charge in [-0.05, 0) is 31.0 Å². The summed E-state index contributed by atoms with van der Waals surface area (Å²) in [5.41, 5.74) is 2.27. The number of ether oxygens (including phenoxy) is 2. The van der Waals surface area contributed by atoms with Crippen LogP contribution in [-0.4, -0.2) is 62.3 Å². The molecule has 1 heterocycles. The van der Waals surface area contributed by atoms with Gasteiger partial charge in [0.1, 0.15) is 12.7 Å². The number of hydrogen-bond donors (Lipinski definition) is 1. The summed E-state index contributed by atoms with van der Waals surface area (Å²) in [5, 5.41) is 10.6. The van der Waals surface area contributed by atoms with Gasteiger partial charge in [0.2, 0.25) is 0 Å². The van der Waals surface area contributed by atoms with Gasteiger partial charge in [0.05, 0.1) is 18.6 Å². The Morgan fingerprint density at radius 1 is 1.14 bits per heavy atom. The molecule has 1 aliphatic rings. The van der Waals surface area contributed by atoms with Gasteiger partial charge in [0.25, 0.3) is 0 Å². The number of sulfone groups is 1. The third-order valence-corrected chi connectivity index (χ3v) is 6.93. The maximum atomic E-state index is 12.0. The zero-order chi connectivity index (χ0) is 20.9. The molecule has 0 bridgehead atoms. The van der Waals surface area contributed by atoms with Crippen molar-refractivity contribution in [2.24, 2.45) is 0 Å². The Labute approximate surface area is 173 Å². The maximum Gasteiger partial charge on any atom is 0.161 e. The number of aliphatic hydroxyl groups excluding tert-OH is 1. The van der Waals surface area contributed by atoms with Crippen LogP contribution in [0.5, 0.6) is 11.5 Å². The molecule has 0 saturated carbocycles. The minimum atomic E-state index is -3.01. The summed E-state index contributed by atoms with van der Waals surface area (Å²) >= 11 is 0. The van der Waals surface area contributed by atoms with E-state index in [-0.39, 0.29) is 24.2 Å². The van der Waals surface area contributed by atoms with E-state index in [1.807, 2.05) is 43.3 Å². The van der Waals surface area contributed by atoms with E-state index in [9.17, 15) is 13.5 Å². The van der Waals surface area contributed by atoms with Gasteiger partial charge in [-0.1, -0.05) is 42.0 Å². The van der Waals surface area contributed by atoms with E-state index in [1.165, 1.54) is 5.56 Å². The number of benzene rings is 2. The van der Waals surface area contributed by atoms with Crippen molar-refractivity contribution < 1.29 is 23.0 Å². The molecule has 1 N–H and O–H groups in total. The molecule has 0 aliphatic carbocycles. The molecule has 1 fully saturated rings. The number of aryl methyl sites for hydroxylation is 1. The molecule has 3 rings (SSSR count). The first kappa shape index (κ1) is 21.6. The Balaban J connectivity index is 1.66. The van der Waals surface area contributed by atoms with E-state index in [1.54, 1.807) is 19.2 Å². The van der Waals surface area contributed by atoms with Crippen molar-refractivity contribution in [3.8, 4) is 11.5 Å². The molecule has 0 radical (unpaired) electrons. The standard InChI is InChI=1S/C22H29NO5S/c1-17-7-9-18(10-8-17)13-23(19-11-12-29(25,26)16-19)14-20(24)15-28-22-6-4-3-5-21(22)27-2/h3-10,19-20,24H,11-16H2,1-2H3/t19-,20-/m1/s1. The van der Waals surface area contributed by atoms with Crippen molar-refractivity contribution in [2.75, 3.05) is 31.8 Å². The number of aliphatic hydroxyl groups is 1. The molecule has 7 heteroatoms. The van der Waals surface area contributed by atoms with Crippen LogP contribution < -0.4 is 9.47 Å². The Morgan fingerprint density at radius 2 is 1.83 bits per heavy atom. The van der Waals surface area contributed by atoms with Crippen molar-refractivity contribution in [1.82, 2.24) is 4.90 Å². The van der Waals surface area contributed by atoms with Crippen LogP contribution in [0.15, 0.2) is 48.5 Å². The molecule has 2 aromatic rings. The van der Waals surface area contributed by atoms with Crippen molar-refractivity contribution in [1.29, 1.82) is 0 Å². The molecule has 0 spiro atoms. The minimum absolute atomic E-state index is 0.0952. The lowest BCUT2D eigenvalue weighted by Crippen LogP contribution is -2.42. The second-order valence-electron chi connectivity index (χ2n) is 7.59. The molecule has 1 aliphatic heterocycles. The molecular formula is C22H29NO5S. The van der Waals surface area contributed by atoms with Gasteiger partial charge >= 0.3 is 0 Å². The van der Waals surface area contributed by atoms with Gasteiger partial charge in [0, 0.05) is 19.1 Å². The van der Waals surface area contributed by atoms with Gasteiger partial charge in [-0.25, -0.2) is 8.42 Å². The third-order valence-electron chi connectivity index (χ3n) is 5.18. The Bertz CT molecular complexity index is 898. The monoisotopic (exact) mass is 419 g/mol. The highest BCUT2D eigenvalue weighted by Crippen LogP contribution is 2.26. The smallest absolute Gasteiger partial charge is 0.161 e.